The molecule has 1 atom stereocenters. The molecule has 0 radical (unpaired) electrons. The number of hydrogen-bond donors (Lipinski definition) is 1. The van der Waals surface area contributed by atoms with Crippen LogP contribution in [0.5, 0.6) is 0 Å². The third kappa shape index (κ3) is 3.78. The maximum atomic E-state index is 6.32. The van der Waals surface area contributed by atoms with Crippen molar-refractivity contribution in [3.8, 4) is 0 Å². The highest BCUT2D eigenvalue weighted by molar-refractivity contribution is 9.10. The van der Waals surface area contributed by atoms with Crippen LogP contribution in [0, 0.1) is 0 Å². The Kier molecular flexibility index (Phi) is 4.96. The van der Waals surface area contributed by atoms with E-state index in [1.807, 2.05) is 31.4 Å². The first-order valence-corrected chi connectivity index (χ1v) is 7.30. The van der Waals surface area contributed by atoms with E-state index in [0.717, 1.165) is 33.7 Å². The Labute approximate surface area is 126 Å². The summed E-state index contributed by atoms with van der Waals surface area (Å²) in [5.41, 5.74) is 2.03. The van der Waals surface area contributed by atoms with Crippen molar-refractivity contribution >= 4 is 27.5 Å². The highest BCUT2D eigenvalue weighted by atomic mass is 79.9. The van der Waals surface area contributed by atoms with Crippen LogP contribution in [0.1, 0.15) is 24.2 Å². The number of nitrogens with zero attached hydrogens (tertiary/aromatic N) is 3. The largest absolute Gasteiger partial charge is 0.310 e. The van der Waals surface area contributed by atoms with Crippen LogP contribution in [0.2, 0.25) is 5.02 Å². The lowest BCUT2D eigenvalue weighted by molar-refractivity contribution is 0.543. The first-order chi connectivity index (χ1) is 9.10. The Bertz CT molecular complexity index is 555. The van der Waals surface area contributed by atoms with Gasteiger partial charge in [-0.1, -0.05) is 45.7 Å². The highest BCUT2D eigenvalue weighted by Gasteiger charge is 2.16. The molecule has 1 aromatic heterocycles. The normalized spacial score (nSPS) is 12.6. The minimum absolute atomic E-state index is 0.141. The summed E-state index contributed by atoms with van der Waals surface area (Å²) in [4.78, 5) is 0. The van der Waals surface area contributed by atoms with Gasteiger partial charge in [-0.05, 0) is 24.2 Å². The second-order valence-electron chi connectivity index (χ2n) is 4.36. The molecule has 1 aromatic carbocycles. The molecule has 0 fully saturated rings. The quantitative estimate of drug-likeness (QED) is 0.907. The van der Waals surface area contributed by atoms with Gasteiger partial charge in [0.2, 0.25) is 0 Å². The first-order valence-electron chi connectivity index (χ1n) is 6.13. The molecule has 102 valence electrons. The summed E-state index contributed by atoms with van der Waals surface area (Å²) in [6.45, 7) is 2.95. The van der Waals surface area contributed by atoms with Crippen LogP contribution < -0.4 is 5.32 Å². The summed E-state index contributed by atoms with van der Waals surface area (Å²) in [6, 6.07) is 6.10. The van der Waals surface area contributed by atoms with Crippen molar-refractivity contribution in [1.29, 1.82) is 0 Å². The van der Waals surface area contributed by atoms with E-state index in [1.54, 1.807) is 4.68 Å². The number of aryl methyl sites for hydroxylation is 1. The Morgan fingerprint density at radius 2 is 2.26 bits per heavy atom. The Morgan fingerprint density at radius 1 is 1.47 bits per heavy atom. The van der Waals surface area contributed by atoms with Crippen molar-refractivity contribution < 1.29 is 0 Å². The number of nitrogens with one attached hydrogen (secondary N) is 1. The highest BCUT2D eigenvalue weighted by Crippen LogP contribution is 2.28. The third-order valence-corrected chi connectivity index (χ3v) is 3.67. The number of hydrogen-bond acceptors (Lipinski definition) is 3. The standard InChI is InChI=1S/C13H16BrClN4/c1-3-16-13(7-10-8-19(2)18-17-10)11-5-4-9(14)6-12(11)15/h4-6,8,13,16H,3,7H2,1-2H3. The average Bonchev–Trinajstić information content (AvgIpc) is 2.74. The third-order valence-electron chi connectivity index (χ3n) is 2.85. The zero-order chi connectivity index (χ0) is 13.8. The van der Waals surface area contributed by atoms with Crippen molar-refractivity contribution in [2.24, 2.45) is 7.05 Å². The number of aromatic nitrogens is 3. The fraction of sp³-hybridized carbons (Fsp3) is 0.385. The predicted molar refractivity (Wildman–Crippen MR) is 80.3 cm³/mol. The van der Waals surface area contributed by atoms with Crippen molar-refractivity contribution in [1.82, 2.24) is 20.3 Å². The van der Waals surface area contributed by atoms with Crippen LogP contribution in [-0.2, 0) is 13.5 Å². The van der Waals surface area contributed by atoms with E-state index in [0.29, 0.717) is 0 Å². The van der Waals surface area contributed by atoms with Gasteiger partial charge in [0.05, 0.1) is 5.69 Å². The van der Waals surface area contributed by atoms with Crippen LogP contribution in [0.3, 0.4) is 0 Å². The monoisotopic (exact) mass is 342 g/mol. The lowest BCUT2D eigenvalue weighted by atomic mass is 10.0. The van der Waals surface area contributed by atoms with Crippen molar-refractivity contribution in [3.63, 3.8) is 0 Å². The van der Waals surface area contributed by atoms with Crippen LogP contribution in [0.25, 0.3) is 0 Å². The van der Waals surface area contributed by atoms with Gasteiger partial charge in [-0.3, -0.25) is 4.68 Å². The molecule has 0 bridgehead atoms. The second kappa shape index (κ2) is 6.50. The maximum absolute atomic E-state index is 6.32. The topological polar surface area (TPSA) is 42.7 Å². The van der Waals surface area contributed by atoms with E-state index in [9.17, 15) is 0 Å². The van der Waals surface area contributed by atoms with Gasteiger partial charge in [-0.2, -0.15) is 0 Å². The molecular weight excluding hydrogens is 328 g/mol. The number of benzene rings is 1. The van der Waals surface area contributed by atoms with E-state index in [4.69, 9.17) is 11.6 Å². The Hall–Kier alpha value is -0.910. The fourth-order valence-electron chi connectivity index (χ4n) is 2.02. The molecule has 19 heavy (non-hydrogen) atoms. The molecule has 1 heterocycles. The van der Waals surface area contributed by atoms with E-state index >= 15 is 0 Å². The van der Waals surface area contributed by atoms with E-state index in [1.165, 1.54) is 0 Å². The van der Waals surface area contributed by atoms with Gasteiger partial charge in [0.25, 0.3) is 0 Å². The molecule has 0 aliphatic carbocycles. The molecule has 0 spiro atoms. The molecule has 0 saturated carbocycles. The Morgan fingerprint density at radius 3 is 2.84 bits per heavy atom. The molecule has 0 aliphatic rings. The van der Waals surface area contributed by atoms with E-state index < -0.39 is 0 Å². The summed E-state index contributed by atoms with van der Waals surface area (Å²) in [7, 11) is 1.87. The van der Waals surface area contributed by atoms with Gasteiger partial charge in [-0.25, -0.2) is 0 Å². The van der Waals surface area contributed by atoms with Crippen molar-refractivity contribution in [3.05, 3.63) is 45.1 Å². The average molecular weight is 344 g/mol. The van der Waals surface area contributed by atoms with Crippen LogP contribution in [0.4, 0.5) is 0 Å². The smallest absolute Gasteiger partial charge is 0.0845 e. The molecular formula is C13H16BrClN4. The minimum Gasteiger partial charge on any atom is -0.310 e. The van der Waals surface area contributed by atoms with Gasteiger partial charge in [-0.15, -0.1) is 5.10 Å². The second-order valence-corrected chi connectivity index (χ2v) is 5.69. The van der Waals surface area contributed by atoms with E-state index in [-0.39, 0.29) is 6.04 Å². The lowest BCUT2D eigenvalue weighted by Crippen LogP contribution is -2.23. The van der Waals surface area contributed by atoms with Crippen LogP contribution in [-0.4, -0.2) is 21.5 Å². The summed E-state index contributed by atoms with van der Waals surface area (Å²) in [5.74, 6) is 0. The summed E-state index contributed by atoms with van der Waals surface area (Å²) >= 11 is 9.74. The van der Waals surface area contributed by atoms with Gasteiger partial charge in [0.15, 0.2) is 0 Å². The SMILES string of the molecule is CCNC(Cc1cn(C)nn1)c1ccc(Br)cc1Cl. The van der Waals surface area contributed by atoms with Crippen LogP contribution >= 0.6 is 27.5 Å². The summed E-state index contributed by atoms with van der Waals surface area (Å²) < 4.78 is 2.69. The number of rotatable bonds is 5. The Balaban J connectivity index is 2.23. The molecule has 4 nitrogen and oxygen atoms in total. The van der Waals surface area contributed by atoms with Crippen LogP contribution in [0.15, 0.2) is 28.9 Å². The van der Waals surface area contributed by atoms with E-state index in [2.05, 4.69) is 38.5 Å². The summed E-state index contributed by atoms with van der Waals surface area (Å²) in [6.07, 6.45) is 2.69. The zero-order valence-electron chi connectivity index (χ0n) is 10.9. The molecule has 6 heteroatoms. The predicted octanol–water partition coefficient (Wildman–Crippen LogP) is 3.12. The zero-order valence-corrected chi connectivity index (χ0v) is 13.2. The molecule has 0 amide bonds. The molecule has 1 N–H and O–H groups in total. The van der Waals surface area contributed by atoms with Crippen molar-refractivity contribution in [2.45, 2.75) is 19.4 Å². The van der Waals surface area contributed by atoms with Gasteiger partial charge < -0.3 is 5.32 Å². The first kappa shape index (κ1) is 14.5. The van der Waals surface area contributed by atoms with Gasteiger partial charge >= 0.3 is 0 Å². The number of halogens is 2. The lowest BCUT2D eigenvalue weighted by Gasteiger charge is -2.18. The number of likely N-dealkylation sites (N-methyl/N-ethyl adjacent to an activating group) is 1. The molecule has 0 aliphatic heterocycles. The van der Waals surface area contributed by atoms with Crippen molar-refractivity contribution in [2.75, 3.05) is 6.54 Å². The van der Waals surface area contributed by atoms with Gasteiger partial charge in [0, 0.05) is 35.2 Å². The summed E-state index contributed by atoms with van der Waals surface area (Å²) in [5, 5.41) is 12.3. The van der Waals surface area contributed by atoms with Gasteiger partial charge in [0.1, 0.15) is 0 Å². The maximum Gasteiger partial charge on any atom is 0.0845 e. The molecule has 2 aromatic rings. The fourth-order valence-corrected chi connectivity index (χ4v) is 2.83. The molecule has 2 rings (SSSR count). The molecule has 0 saturated heterocycles. The molecule has 1 unspecified atom stereocenters. The minimum atomic E-state index is 0.141.